The second-order valence-corrected chi connectivity index (χ2v) is 6.89. The molecule has 4 nitrogen and oxygen atoms in total. The van der Waals surface area contributed by atoms with Crippen LogP contribution < -0.4 is 5.32 Å². The van der Waals surface area contributed by atoms with Crippen LogP contribution in [0.15, 0.2) is 36.5 Å². The lowest BCUT2D eigenvalue weighted by atomic mass is 10.0. The van der Waals surface area contributed by atoms with Crippen molar-refractivity contribution in [3.8, 4) is 0 Å². The van der Waals surface area contributed by atoms with Crippen molar-refractivity contribution in [3.63, 3.8) is 0 Å². The number of anilines is 1. The second-order valence-electron chi connectivity index (χ2n) is 6.89. The van der Waals surface area contributed by atoms with Gasteiger partial charge in [-0.1, -0.05) is 23.8 Å². The Labute approximate surface area is 150 Å². The SMILES string of the molecule is Cc1ccc(CCCNc2ccc(C(=O)N3CCCC3)cn2)c(C)c1. The minimum Gasteiger partial charge on any atom is -0.370 e. The van der Waals surface area contributed by atoms with Crippen molar-refractivity contribution in [3.05, 3.63) is 58.8 Å². The molecule has 2 aromatic rings. The molecule has 0 unspecified atom stereocenters. The van der Waals surface area contributed by atoms with Crippen molar-refractivity contribution >= 4 is 11.7 Å². The minimum atomic E-state index is 0.103. The van der Waals surface area contributed by atoms with Crippen LogP contribution in [0.5, 0.6) is 0 Å². The molecule has 2 heterocycles. The third kappa shape index (κ3) is 4.59. The van der Waals surface area contributed by atoms with E-state index in [9.17, 15) is 4.79 Å². The number of nitrogens with zero attached hydrogens (tertiary/aromatic N) is 2. The van der Waals surface area contributed by atoms with Crippen LogP contribution in [-0.2, 0) is 6.42 Å². The van der Waals surface area contributed by atoms with E-state index in [-0.39, 0.29) is 5.91 Å². The largest absolute Gasteiger partial charge is 0.370 e. The molecule has 0 radical (unpaired) electrons. The molecule has 1 N–H and O–H groups in total. The number of carbonyl (C=O) groups excluding carboxylic acids is 1. The number of carbonyl (C=O) groups is 1. The molecular formula is C21H27N3O. The predicted octanol–water partition coefficient (Wildman–Crippen LogP) is 3.98. The van der Waals surface area contributed by atoms with Gasteiger partial charge in [-0.2, -0.15) is 0 Å². The molecule has 3 rings (SSSR count). The zero-order chi connectivity index (χ0) is 17.6. The first-order valence-corrected chi connectivity index (χ1v) is 9.19. The summed E-state index contributed by atoms with van der Waals surface area (Å²) in [7, 11) is 0. The molecule has 1 amide bonds. The Morgan fingerprint density at radius 3 is 2.64 bits per heavy atom. The van der Waals surface area contributed by atoms with Gasteiger partial charge in [0.05, 0.1) is 5.56 Å². The minimum absolute atomic E-state index is 0.103. The fourth-order valence-electron chi connectivity index (χ4n) is 3.35. The Balaban J connectivity index is 1.46. The van der Waals surface area contributed by atoms with Gasteiger partial charge in [-0.3, -0.25) is 4.79 Å². The molecule has 0 aliphatic carbocycles. The molecular weight excluding hydrogens is 310 g/mol. The summed E-state index contributed by atoms with van der Waals surface area (Å²) >= 11 is 0. The number of amides is 1. The Morgan fingerprint density at radius 2 is 1.96 bits per heavy atom. The van der Waals surface area contributed by atoms with Crippen molar-refractivity contribution in [1.82, 2.24) is 9.88 Å². The third-order valence-corrected chi connectivity index (χ3v) is 4.83. The molecule has 0 saturated carbocycles. The Kier molecular flexibility index (Phi) is 5.69. The van der Waals surface area contributed by atoms with Crippen molar-refractivity contribution in [2.24, 2.45) is 0 Å². The molecule has 1 aliphatic heterocycles. The van der Waals surface area contributed by atoms with Gasteiger partial charge >= 0.3 is 0 Å². The van der Waals surface area contributed by atoms with E-state index in [0.717, 1.165) is 51.1 Å². The number of pyridine rings is 1. The number of nitrogens with one attached hydrogen (secondary N) is 1. The summed E-state index contributed by atoms with van der Waals surface area (Å²) in [6, 6.07) is 10.4. The average molecular weight is 337 g/mol. The third-order valence-electron chi connectivity index (χ3n) is 4.83. The maximum atomic E-state index is 12.3. The standard InChI is InChI=1S/C21H27N3O/c1-16-7-8-18(17(2)14-16)6-5-11-22-20-10-9-19(15-23-20)21(25)24-12-3-4-13-24/h7-10,14-15H,3-6,11-13H2,1-2H3,(H,22,23). The lowest BCUT2D eigenvalue weighted by Gasteiger charge is -2.15. The van der Waals surface area contributed by atoms with Gasteiger partial charge in [0.1, 0.15) is 5.82 Å². The molecule has 4 heteroatoms. The molecule has 132 valence electrons. The Bertz CT molecular complexity index is 718. The normalized spacial score (nSPS) is 13.9. The molecule has 1 saturated heterocycles. The number of likely N-dealkylation sites (tertiary alicyclic amines) is 1. The molecule has 0 spiro atoms. The van der Waals surface area contributed by atoms with Crippen LogP contribution in [0, 0.1) is 13.8 Å². The summed E-state index contributed by atoms with van der Waals surface area (Å²) in [5, 5.41) is 3.35. The lowest BCUT2D eigenvalue weighted by Crippen LogP contribution is -2.27. The first-order valence-electron chi connectivity index (χ1n) is 9.19. The van der Waals surface area contributed by atoms with Gasteiger partial charge in [-0.05, 0) is 62.8 Å². The van der Waals surface area contributed by atoms with Crippen molar-refractivity contribution in [1.29, 1.82) is 0 Å². The zero-order valence-electron chi connectivity index (χ0n) is 15.2. The van der Waals surface area contributed by atoms with E-state index in [2.05, 4.69) is 42.3 Å². The van der Waals surface area contributed by atoms with Gasteiger partial charge < -0.3 is 10.2 Å². The summed E-state index contributed by atoms with van der Waals surface area (Å²) in [5.74, 6) is 0.935. The highest BCUT2D eigenvalue weighted by Crippen LogP contribution is 2.15. The number of hydrogen-bond acceptors (Lipinski definition) is 3. The molecule has 1 aliphatic rings. The molecule has 0 bridgehead atoms. The van der Waals surface area contributed by atoms with E-state index in [1.165, 1.54) is 16.7 Å². The number of aromatic nitrogens is 1. The lowest BCUT2D eigenvalue weighted by molar-refractivity contribution is 0.0792. The quantitative estimate of drug-likeness (QED) is 0.811. The first kappa shape index (κ1) is 17.5. The smallest absolute Gasteiger partial charge is 0.255 e. The zero-order valence-corrected chi connectivity index (χ0v) is 15.2. The van der Waals surface area contributed by atoms with E-state index in [0.29, 0.717) is 5.56 Å². The number of rotatable bonds is 6. The van der Waals surface area contributed by atoms with E-state index in [1.54, 1.807) is 6.20 Å². The predicted molar refractivity (Wildman–Crippen MR) is 102 cm³/mol. The van der Waals surface area contributed by atoms with Gasteiger partial charge in [0, 0.05) is 25.8 Å². The van der Waals surface area contributed by atoms with E-state index in [4.69, 9.17) is 0 Å². The molecule has 1 aromatic carbocycles. The molecule has 1 fully saturated rings. The summed E-state index contributed by atoms with van der Waals surface area (Å²) in [5.41, 5.74) is 4.77. The highest BCUT2D eigenvalue weighted by molar-refractivity contribution is 5.94. The van der Waals surface area contributed by atoms with Crippen LogP contribution in [0.25, 0.3) is 0 Å². The fraction of sp³-hybridized carbons (Fsp3) is 0.429. The summed E-state index contributed by atoms with van der Waals surface area (Å²) in [6.07, 6.45) is 6.02. The topological polar surface area (TPSA) is 45.2 Å². The van der Waals surface area contributed by atoms with Gasteiger partial charge in [0.2, 0.25) is 0 Å². The van der Waals surface area contributed by atoms with Crippen LogP contribution in [0.3, 0.4) is 0 Å². The average Bonchev–Trinajstić information content (AvgIpc) is 3.15. The van der Waals surface area contributed by atoms with Crippen LogP contribution in [0.2, 0.25) is 0 Å². The summed E-state index contributed by atoms with van der Waals surface area (Å²) in [4.78, 5) is 18.6. The van der Waals surface area contributed by atoms with E-state index < -0.39 is 0 Å². The molecule has 25 heavy (non-hydrogen) atoms. The van der Waals surface area contributed by atoms with Crippen LogP contribution >= 0.6 is 0 Å². The first-order chi connectivity index (χ1) is 12.1. The number of aryl methyl sites for hydroxylation is 3. The summed E-state index contributed by atoms with van der Waals surface area (Å²) < 4.78 is 0. The highest BCUT2D eigenvalue weighted by atomic mass is 16.2. The summed E-state index contributed by atoms with van der Waals surface area (Å²) in [6.45, 7) is 6.92. The van der Waals surface area contributed by atoms with Crippen molar-refractivity contribution in [2.45, 2.75) is 39.5 Å². The van der Waals surface area contributed by atoms with Crippen molar-refractivity contribution < 1.29 is 4.79 Å². The van der Waals surface area contributed by atoms with Crippen LogP contribution in [0.4, 0.5) is 5.82 Å². The fourth-order valence-corrected chi connectivity index (χ4v) is 3.35. The number of hydrogen-bond donors (Lipinski definition) is 1. The van der Waals surface area contributed by atoms with Crippen LogP contribution in [-0.4, -0.2) is 35.4 Å². The van der Waals surface area contributed by atoms with Gasteiger partial charge in [0.15, 0.2) is 0 Å². The Hall–Kier alpha value is -2.36. The van der Waals surface area contributed by atoms with E-state index in [1.807, 2.05) is 17.0 Å². The van der Waals surface area contributed by atoms with Gasteiger partial charge in [0.25, 0.3) is 5.91 Å². The molecule has 0 atom stereocenters. The van der Waals surface area contributed by atoms with E-state index >= 15 is 0 Å². The molecule has 1 aromatic heterocycles. The van der Waals surface area contributed by atoms with Crippen LogP contribution in [0.1, 0.15) is 46.3 Å². The maximum Gasteiger partial charge on any atom is 0.255 e. The maximum absolute atomic E-state index is 12.3. The highest BCUT2D eigenvalue weighted by Gasteiger charge is 2.19. The number of benzene rings is 1. The van der Waals surface area contributed by atoms with Gasteiger partial charge in [-0.15, -0.1) is 0 Å². The van der Waals surface area contributed by atoms with Gasteiger partial charge in [-0.25, -0.2) is 4.98 Å². The Morgan fingerprint density at radius 1 is 1.16 bits per heavy atom. The monoisotopic (exact) mass is 337 g/mol. The van der Waals surface area contributed by atoms with Crippen molar-refractivity contribution in [2.75, 3.05) is 25.0 Å². The second kappa shape index (κ2) is 8.15.